The fourth-order valence-corrected chi connectivity index (χ4v) is 2.51. The molecule has 0 aromatic carbocycles. The van der Waals surface area contributed by atoms with E-state index in [2.05, 4.69) is 29.5 Å². The number of hydrogen-bond donors (Lipinski definition) is 1. The first kappa shape index (κ1) is 14.0. The smallest absolute Gasteiger partial charge is 0.224 e. The maximum atomic E-state index is 12.4. The van der Waals surface area contributed by atoms with Gasteiger partial charge in [0.2, 0.25) is 5.91 Å². The number of rotatable bonds is 5. The molecule has 0 saturated carbocycles. The average Bonchev–Trinajstić information content (AvgIpc) is 2.97. The molecule has 1 aromatic heterocycles. The number of hydrogen-bond acceptors (Lipinski definition) is 4. The molecule has 6 nitrogen and oxygen atoms in total. The minimum atomic E-state index is 0.224. The highest BCUT2D eigenvalue weighted by Gasteiger charge is 2.28. The summed E-state index contributed by atoms with van der Waals surface area (Å²) in [5.74, 6) is 0.224. The van der Waals surface area contributed by atoms with Crippen LogP contribution in [0.15, 0.2) is 12.4 Å². The number of nitrogens with one attached hydrogen (secondary N) is 1. The predicted molar refractivity (Wildman–Crippen MR) is 72.5 cm³/mol. The average molecular weight is 265 g/mol. The van der Waals surface area contributed by atoms with Crippen LogP contribution in [0.25, 0.3) is 0 Å². The summed E-state index contributed by atoms with van der Waals surface area (Å²) < 4.78 is 1.71. The van der Waals surface area contributed by atoms with Gasteiger partial charge in [-0.05, 0) is 12.8 Å². The highest BCUT2D eigenvalue weighted by atomic mass is 16.2. The van der Waals surface area contributed by atoms with Gasteiger partial charge in [-0.2, -0.15) is 0 Å². The van der Waals surface area contributed by atoms with Gasteiger partial charge in [-0.25, -0.2) is 0 Å². The molecule has 1 N–H and O–H groups in total. The van der Waals surface area contributed by atoms with Crippen LogP contribution in [-0.2, 0) is 11.3 Å². The lowest BCUT2D eigenvalue weighted by Crippen LogP contribution is -2.58. The number of aromatic nitrogens is 3. The molecule has 1 aliphatic heterocycles. The summed E-state index contributed by atoms with van der Waals surface area (Å²) in [4.78, 5) is 14.4. The minimum Gasteiger partial charge on any atom is -0.337 e. The molecular formula is C13H23N5O. The van der Waals surface area contributed by atoms with E-state index in [1.165, 1.54) is 0 Å². The summed E-state index contributed by atoms with van der Waals surface area (Å²) in [5, 5.41) is 11.1. The molecule has 6 heteroatoms. The largest absolute Gasteiger partial charge is 0.337 e. The third-order valence-electron chi connectivity index (χ3n) is 3.81. The van der Waals surface area contributed by atoms with Crippen molar-refractivity contribution in [3.8, 4) is 0 Å². The van der Waals surface area contributed by atoms with Crippen molar-refractivity contribution in [1.29, 1.82) is 0 Å². The van der Waals surface area contributed by atoms with Gasteiger partial charge in [0.05, 0.1) is 12.7 Å². The molecule has 1 aromatic rings. The van der Waals surface area contributed by atoms with Crippen molar-refractivity contribution >= 4 is 5.91 Å². The Morgan fingerprint density at radius 2 is 2.26 bits per heavy atom. The Balaban J connectivity index is 1.90. The van der Waals surface area contributed by atoms with Crippen LogP contribution < -0.4 is 5.32 Å². The molecular weight excluding hydrogens is 242 g/mol. The Kier molecular flexibility index (Phi) is 4.90. The van der Waals surface area contributed by atoms with Gasteiger partial charge in [-0.1, -0.05) is 19.1 Å². The molecule has 0 spiro atoms. The number of nitrogens with zero attached hydrogens (tertiary/aromatic N) is 4. The Bertz CT molecular complexity index is 392. The number of carbonyl (C=O) groups excluding carboxylic acids is 1. The van der Waals surface area contributed by atoms with E-state index >= 15 is 0 Å². The van der Waals surface area contributed by atoms with E-state index in [0.29, 0.717) is 25.0 Å². The zero-order valence-corrected chi connectivity index (χ0v) is 11.7. The van der Waals surface area contributed by atoms with Crippen LogP contribution in [0.3, 0.4) is 0 Å². The lowest BCUT2D eigenvalue weighted by Gasteiger charge is -2.40. The van der Waals surface area contributed by atoms with E-state index < -0.39 is 0 Å². The summed E-state index contributed by atoms with van der Waals surface area (Å²) in [6, 6.07) is 0.754. The van der Waals surface area contributed by atoms with Crippen LogP contribution in [0.1, 0.15) is 33.1 Å². The molecule has 1 saturated heterocycles. The SMILES string of the molecule is CCC1CN(C(=O)CCn2ccnn2)C(CC)CN1. The van der Waals surface area contributed by atoms with Gasteiger partial charge in [-0.15, -0.1) is 5.10 Å². The molecule has 1 fully saturated rings. The van der Waals surface area contributed by atoms with Crippen LogP contribution in [-0.4, -0.2) is 51.0 Å². The van der Waals surface area contributed by atoms with Crippen molar-refractivity contribution in [3.63, 3.8) is 0 Å². The van der Waals surface area contributed by atoms with Crippen LogP contribution in [0.5, 0.6) is 0 Å². The summed E-state index contributed by atoms with van der Waals surface area (Å²) in [5.41, 5.74) is 0. The van der Waals surface area contributed by atoms with Crippen molar-refractivity contribution < 1.29 is 4.79 Å². The summed E-state index contributed by atoms with van der Waals surface area (Å²) in [6.45, 7) is 6.63. The second kappa shape index (κ2) is 6.65. The van der Waals surface area contributed by atoms with Crippen LogP contribution in [0.4, 0.5) is 0 Å². The molecule has 2 rings (SSSR count). The zero-order valence-electron chi connectivity index (χ0n) is 11.7. The predicted octanol–water partition coefficient (Wildman–Crippen LogP) is 0.657. The standard InChI is InChI=1S/C13H23N5O/c1-3-11-10-18(12(4-2)9-14-11)13(19)5-7-17-8-6-15-16-17/h6,8,11-12,14H,3-5,7,9-10H2,1-2H3. The van der Waals surface area contributed by atoms with E-state index in [0.717, 1.165) is 25.9 Å². The molecule has 2 unspecified atom stereocenters. The monoisotopic (exact) mass is 265 g/mol. The van der Waals surface area contributed by atoms with Gasteiger partial charge in [0.1, 0.15) is 0 Å². The molecule has 1 amide bonds. The second-order valence-corrected chi connectivity index (χ2v) is 5.04. The normalized spacial score (nSPS) is 23.6. The fourth-order valence-electron chi connectivity index (χ4n) is 2.51. The van der Waals surface area contributed by atoms with Crippen molar-refractivity contribution in [2.24, 2.45) is 0 Å². The van der Waals surface area contributed by atoms with E-state index in [9.17, 15) is 4.79 Å². The van der Waals surface area contributed by atoms with Gasteiger partial charge in [-0.3, -0.25) is 9.48 Å². The summed E-state index contributed by atoms with van der Waals surface area (Å²) in [6.07, 6.45) is 5.98. The van der Waals surface area contributed by atoms with E-state index in [-0.39, 0.29) is 5.91 Å². The number of piperazine rings is 1. The Labute approximate surface area is 114 Å². The lowest BCUT2D eigenvalue weighted by atomic mass is 10.0. The minimum absolute atomic E-state index is 0.224. The van der Waals surface area contributed by atoms with E-state index in [4.69, 9.17) is 0 Å². The first-order chi connectivity index (χ1) is 9.24. The Hall–Kier alpha value is -1.43. The number of amides is 1. The van der Waals surface area contributed by atoms with Gasteiger partial charge >= 0.3 is 0 Å². The lowest BCUT2D eigenvalue weighted by molar-refractivity contribution is -0.135. The van der Waals surface area contributed by atoms with Crippen molar-refractivity contribution in [2.75, 3.05) is 13.1 Å². The molecule has 19 heavy (non-hydrogen) atoms. The van der Waals surface area contributed by atoms with Crippen LogP contribution >= 0.6 is 0 Å². The highest BCUT2D eigenvalue weighted by molar-refractivity contribution is 5.76. The Morgan fingerprint density at radius 3 is 2.89 bits per heavy atom. The maximum Gasteiger partial charge on any atom is 0.224 e. The first-order valence-corrected chi connectivity index (χ1v) is 7.11. The third kappa shape index (κ3) is 3.53. The molecule has 2 heterocycles. The molecule has 106 valence electrons. The second-order valence-electron chi connectivity index (χ2n) is 5.04. The number of aryl methyl sites for hydroxylation is 1. The topological polar surface area (TPSA) is 63.1 Å². The molecule has 2 atom stereocenters. The molecule has 0 aliphatic carbocycles. The van der Waals surface area contributed by atoms with Gasteiger partial charge < -0.3 is 10.2 Å². The van der Waals surface area contributed by atoms with Crippen LogP contribution in [0.2, 0.25) is 0 Å². The highest BCUT2D eigenvalue weighted by Crippen LogP contribution is 2.13. The molecule has 1 aliphatic rings. The van der Waals surface area contributed by atoms with E-state index in [1.54, 1.807) is 17.1 Å². The summed E-state index contributed by atoms with van der Waals surface area (Å²) >= 11 is 0. The maximum absolute atomic E-state index is 12.4. The van der Waals surface area contributed by atoms with Gasteiger partial charge in [0.15, 0.2) is 0 Å². The molecule has 0 bridgehead atoms. The Morgan fingerprint density at radius 1 is 1.42 bits per heavy atom. The summed E-state index contributed by atoms with van der Waals surface area (Å²) in [7, 11) is 0. The van der Waals surface area contributed by atoms with Crippen molar-refractivity contribution in [2.45, 2.75) is 51.7 Å². The van der Waals surface area contributed by atoms with Gasteiger partial charge in [0, 0.05) is 37.8 Å². The zero-order chi connectivity index (χ0) is 13.7. The quantitative estimate of drug-likeness (QED) is 0.849. The number of carbonyl (C=O) groups is 1. The molecule has 0 radical (unpaired) electrons. The third-order valence-corrected chi connectivity index (χ3v) is 3.81. The first-order valence-electron chi connectivity index (χ1n) is 7.11. The van der Waals surface area contributed by atoms with Gasteiger partial charge in [0.25, 0.3) is 0 Å². The fraction of sp³-hybridized carbons (Fsp3) is 0.769. The van der Waals surface area contributed by atoms with Crippen LogP contribution in [0, 0.1) is 0 Å². The van der Waals surface area contributed by atoms with E-state index in [1.807, 2.05) is 4.90 Å². The van der Waals surface area contributed by atoms with Crippen molar-refractivity contribution in [3.05, 3.63) is 12.4 Å². The van der Waals surface area contributed by atoms with Crippen molar-refractivity contribution in [1.82, 2.24) is 25.2 Å².